The summed E-state index contributed by atoms with van der Waals surface area (Å²) >= 11 is 0. The lowest BCUT2D eigenvalue weighted by Gasteiger charge is -2.33. The predicted octanol–water partition coefficient (Wildman–Crippen LogP) is 1.46. The van der Waals surface area contributed by atoms with Gasteiger partial charge in [-0.1, -0.05) is 26.0 Å². The van der Waals surface area contributed by atoms with Gasteiger partial charge in [0, 0.05) is 18.6 Å². The summed E-state index contributed by atoms with van der Waals surface area (Å²) < 4.78 is 16.5. The molecule has 0 bridgehead atoms. The number of rotatable bonds is 2. The molecule has 0 spiro atoms. The van der Waals surface area contributed by atoms with E-state index in [1.807, 2.05) is 24.3 Å². The fourth-order valence-corrected chi connectivity index (χ4v) is 1.65. The molecule has 86 valence electrons. The van der Waals surface area contributed by atoms with E-state index in [4.69, 9.17) is 14.0 Å². The van der Waals surface area contributed by atoms with Crippen molar-refractivity contribution in [3.8, 4) is 5.75 Å². The summed E-state index contributed by atoms with van der Waals surface area (Å²) in [6, 6.07) is 7.78. The van der Waals surface area contributed by atoms with Crippen LogP contribution in [-0.2, 0) is 9.31 Å². The molecule has 3 nitrogen and oxygen atoms in total. The van der Waals surface area contributed by atoms with E-state index in [1.165, 1.54) is 0 Å². The first-order valence-electron chi connectivity index (χ1n) is 5.48. The van der Waals surface area contributed by atoms with Crippen LogP contribution in [0, 0.1) is 5.41 Å². The van der Waals surface area contributed by atoms with Crippen LogP contribution in [0.15, 0.2) is 24.3 Å². The number of benzene rings is 1. The smallest absolute Gasteiger partial charge is 0.493 e. The summed E-state index contributed by atoms with van der Waals surface area (Å²) in [7, 11) is 1.42. The van der Waals surface area contributed by atoms with Crippen LogP contribution in [0.2, 0.25) is 0 Å². The largest absolute Gasteiger partial charge is 0.497 e. The zero-order chi connectivity index (χ0) is 11.6. The standard InChI is InChI=1S/C12H17BO3/c1-12(2)8-15-13(16-9-12)10-4-6-11(14-3)7-5-10/h4-7H,8-9H2,1-3H3. The highest BCUT2D eigenvalue weighted by atomic mass is 16.6. The summed E-state index contributed by atoms with van der Waals surface area (Å²) in [5.74, 6) is 0.847. The van der Waals surface area contributed by atoms with Crippen molar-refractivity contribution in [1.82, 2.24) is 0 Å². The Bertz CT molecular complexity index is 338. The molecule has 0 aromatic heterocycles. The van der Waals surface area contributed by atoms with Gasteiger partial charge in [0.15, 0.2) is 0 Å². The molecule has 0 aliphatic carbocycles. The molecule has 4 heteroatoms. The van der Waals surface area contributed by atoms with Crippen LogP contribution in [0.3, 0.4) is 0 Å². The minimum absolute atomic E-state index is 0.114. The molecule has 1 aliphatic rings. The molecule has 1 saturated heterocycles. The van der Waals surface area contributed by atoms with Gasteiger partial charge >= 0.3 is 7.12 Å². The molecule has 1 aliphatic heterocycles. The summed E-state index contributed by atoms with van der Waals surface area (Å²) in [6.45, 7) is 5.72. The molecule has 2 rings (SSSR count). The molecule has 0 unspecified atom stereocenters. The zero-order valence-corrected chi connectivity index (χ0v) is 10.0. The minimum atomic E-state index is -0.237. The summed E-state index contributed by atoms with van der Waals surface area (Å²) in [5, 5.41) is 0. The summed E-state index contributed by atoms with van der Waals surface area (Å²) in [5.41, 5.74) is 1.15. The third-order valence-corrected chi connectivity index (χ3v) is 2.64. The Morgan fingerprint density at radius 3 is 2.19 bits per heavy atom. The molecule has 1 fully saturated rings. The number of hydrogen-bond acceptors (Lipinski definition) is 3. The maximum absolute atomic E-state index is 5.69. The van der Waals surface area contributed by atoms with Crippen molar-refractivity contribution in [2.75, 3.05) is 20.3 Å². The first kappa shape index (κ1) is 11.5. The lowest BCUT2D eigenvalue weighted by Crippen LogP contribution is -2.47. The van der Waals surface area contributed by atoms with Gasteiger partial charge in [0.05, 0.1) is 7.11 Å². The summed E-state index contributed by atoms with van der Waals surface area (Å²) in [6.07, 6.45) is 0. The number of hydrogen-bond donors (Lipinski definition) is 0. The van der Waals surface area contributed by atoms with Gasteiger partial charge in [0.2, 0.25) is 0 Å². The van der Waals surface area contributed by atoms with Crippen LogP contribution in [0.5, 0.6) is 5.75 Å². The highest BCUT2D eigenvalue weighted by molar-refractivity contribution is 6.61. The maximum atomic E-state index is 5.69. The van der Waals surface area contributed by atoms with Crippen LogP contribution in [-0.4, -0.2) is 27.4 Å². The van der Waals surface area contributed by atoms with E-state index in [0.29, 0.717) is 0 Å². The fraction of sp³-hybridized carbons (Fsp3) is 0.500. The van der Waals surface area contributed by atoms with Crippen LogP contribution in [0.1, 0.15) is 13.8 Å². The number of methoxy groups -OCH3 is 1. The van der Waals surface area contributed by atoms with Crippen molar-refractivity contribution in [2.45, 2.75) is 13.8 Å². The molecule has 16 heavy (non-hydrogen) atoms. The Balaban J connectivity index is 2.03. The molecule has 0 saturated carbocycles. The average molecular weight is 220 g/mol. The first-order chi connectivity index (χ1) is 7.61. The zero-order valence-electron chi connectivity index (χ0n) is 10.0. The second-order valence-corrected chi connectivity index (χ2v) is 4.89. The normalized spacial score (nSPS) is 19.6. The lowest BCUT2D eigenvalue weighted by atomic mass is 9.76. The molecule has 1 heterocycles. The molecule has 0 amide bonds. The van der Waals surface area contributed by atoms with Gasteiger partial charge in [-0.3, -0.25) is 0 Å². The molecular weight excluding hydrogens is 203 g/mol. The Hall–Kier alpha value is -0.995. The molecule has 0 N–H and O–H groups in total. The van der Waals surface area contributed by atoms with Crippen molar-refractivity contribution in [3.05, 3.63) is 24.3 Å². The van der Waals surface area contributed by atoms with Crippen molar-refractivity contribution in [2.24, 2.45) is 5.41 Å². The van der Waals surface area contributed by atoms with E-state index in [2.05, 4.69) is 13.8 Å². The Morgan fingerprint density at radius 2 is 1.69 bits per heavy atom. The van der Waals surface area contributed by atoms with Gasteiger partial charge in [0.1, 0.15) is 5.75 Å². The van der Waals surface area contributed by atoms with E-state index in [9.17, 15) is 0 Å². The van der Waals surface area contributed by atoms with Gasteiger partial charge in [0.25, 0.3) is 0 Å². The van der Waals surface area contributed by atoms with E-state index in [-0.39, 0.29) is 12.5 Å². The van der Waals surface area contributed by atoms with Crippen molar-refractivity contribution >= 4 is 12.6 Å². The SMILES string of the molecule is COc1ccc(B2OCC(C)(C)CO2)cc1. The van der Waals surface area contributed by atoms with Gasteiger partial charge in [-0.25, -0.2) is 0 Å². The molecule has 0 atom stereocenters. The van der Waals surface area contributed by atoms with E-state index < -0.39 is 0 Å². The average Bonchev–Trinajstić information content (AvgIpc) is 2.29. The van der Waals surface area contributed by atoms with Crippen molar-refractivity contribution < 1.29 is 14.0 Å². The van der Waals surface area contributed by atoms with Crippen molar-refractivity contribution in [1.29, 1.82) is 0 Å². The van der Waals surface area contributed by atoms with Crippen LogP contribution in [0.25, 0.3) is 0 Å². The van der Waals surface area contributed by atoms with Gasteiger partial charge in [-0.2, -0.15) is 0 Å². The predicted molar refractivity (Wildman–Crippen MR) is 64.1 cm³/mol. The van der Waals surface area contributed by atoms with Crippen molar-refractivity contribution in [3.63, 3.8) is 0 Å². The second-order valence-electron chi connectivity index (χ2n) is 4.89. The minimum Gasteiger partial charge on any atom is -0.497 e. The molecule has 1 aromatic rings. The third-order valence-electron chi connectivity index (χ3n) is 2.64. The third kappa shape index (κ3) is 2.57. The highest BCUT2D eigenvalue weighted by Gasteiger charge is 2.33. The Morgan fingerprint density at radius 1 is 1.12 bits per heavy atom. The monoisotopic (exact) mass is 220 g/mol. The number of ether oxygens (including phenoxy) is 1. The van der Waals surface area contributed by atoms with Crippen LogP contribution < -0.4 is 10.2 Å². The molecule has 0 radical (unpaired) electrons. The fourth-order valence-electron chi connectivity index (χ4n) is 1.65. The van der Waals surface area contributed by atoms with Gasteiger partial charge < -0.3 is 14.0 Å². The van der Waals surface area contributed by atoms with Crippen LogP contribution in [0.4, 0.5) is 0 Å². The Kier molecular flexibility index (Phi) is 3.21. The van der Waals surface area contributed by atoms with E-state index in [1.54, 1.807) is 7.11 Å². The maximum Gasteiger partial charge on any atom is 0.493 e. The molecule has 1 aromatic carbocycles. The topological polar surface area (TPSA) is 27.7 Å². The lowest BCUT2D eigenvalue weighted by molar-refractivity contribution is 0.0343. The van der Waals surface area contributed by atoms with Crippen LogP contribution >= 0.6 is 0 Å². The quantitative estimate of drug-likeness (QED) is 0.706. The highest BCUT2D eigenvalue weighted by Crippen LogP contribution is 2.21. The van der Waals surface area contributed by atoms with E-state index >= 15 is 0 Å². The Labute approximate surface area is 96.8 Å². The first-order valence-corrected chi connectivity index (χ1v) is 5.48. The van der Waals surface area contributed by atoms with Gasteiger partial charge in [-0.15, -0.1) is 0 Å². The van der Waals surface area contributed by atoms with E-state index in [0.717, 1.165) is 24.4 Å². The molecular formula is C12H17BO3. The van der Waals surface area contributed by atoms with Gasteiger partial charge in [-0.05, 0) is 17.6 Å². The second kappa shape index (κ2) is 4.48. The summed E-state index contributed by atoms with van der Waals surface area (Å²) in [4.78, 5) is 0.